The third-order valence-electron chi connectivity index (χ3n) is 2.73. The molecule has 17 heavy (non-hydrogen) atoms. The molecule has 2 heterocycles. The van der Waals surface area contributed by atoms with Gasteiger partial charge in [-0.3, -0.25) is 0 Å². The molecule has 0 amide bonds. The van der Waals surface area contributed by atoms with Crippen molar-refractivity contribution in [3.63, 3.8) is 0 Å². The van der Waals surface area contributed by atoms with Crippen molar-refractivity contribution in [2.75, 3.05) is 11.5 Å². The van der Waals surface area contributed by atoms with Crippen LogP contribution in [-0.2, 0) is 6.54 Å². The van der Waals surface area contributed by atoms with Gasteiger partial charge in [0.15, 0.2) is 5.65 Å². The van der Waals surface area contributed by atoms with Crippen LogP contribution in [0, 0.1) is 12.8 Å². The molecule has 0 aliphatic rings. The monoisotopic (exact) mass is 234 g/mol. The molecule has 0 fully saturated rings. The van der Waals surface area contributed by atoms with E-state index < -0.39 is 0 Å². The summed E-state index contributed by atoms with van der Waals surface area (Å²) in [7, 11) is 0. The average Bonchev–Trinajstić information content (AvgIpc) is 2.52. The Kier molecular flexibility index (Phi) is 2.87. The summed E-state index contributed by atoms with van der Waals surface area (Å²) < 4.78 is 1.86. The molecule has 0 atom stereocenters. The van der Waals surface area contributed by atoms with E-state index in [4.69, 9.17) is 11.5 Å². The van der Waals surface area contributed by atoms with E-state index >= 15 is 0 Å². The van der Waals surface area contributed by atoms with E-state index in [1.807, 2.05) is 11.6 Å². The Morgan fingerprint density at radius 1 is 1.24 bits per heavy atom. The van der Waals surface area contributed by atoms with Crippen molar-refractivity contribution in [2.45, 2.75) is 33.7 Å². The minimum absolute atomic E-state index is 0.195. The molecule has 2 rings (SSSR count). The molecule has 0 unspecified atom stereocenters. The van der Waals surface area contributed by atoms with Crippen molar-refractivity contribution in [2.24, 2.45) is 5.92 Å². The van der Waals surface area contributed by atoms with Crippen LogP contribution in [-0.4, -0.2) is 19.7 Å². The number of rotatable bonds is 3. The summed E-state index contributed by atoms with van der Waals surface area (Å²) in [5, 5.41) is 5.25. The molecular formula is C11H18N6. The first-order valence-corrected chi connectivity index (χ1v) is 5.75. The maximum absolute atomic E-state index is 5.84. The molecule has 6 heteroatoms. The van der Waals surface area contributed by atoms with Crippen LogP contribution < -0.4 is 11.5 Å². The summed E-state index contributed by atoms with van der Waals surface area (Å²) in [4.78, 5) is 8.18. The smallest absolute Gasteiger partial charge is 0.224 e. The third kappa shape index (κ3) is 2.15. The minimum atomic E-state index is 0.195. The second-order valence-electron chi connectivity index (χ2n) is 4.66. The zero-order chi connectivity index (χ0) is 12.6. The van der Waals surface area contributed by atoms with Crippen LogP contribution in [0.1, 0.15) is 26.0 Å². The molecule has 0 saturated carbocycles. The van der Waals surface area contributed by atoms with Gasteiger partial charge in [-0.15, -0.1) is 0 Å². The van der Waals surface area contributed by atoms with Crippen molar-refractivity contribution in [1.29, 1.82) is 0 Å². The standard InChI is InChI=1S/C11H18N6/c1-6(2)4-5-17-10-8(7(3)16-17)9(12)14-11(13)15-10/h6H,4-5H2,1-3H3,(H4,12,13,14,15). The van der Waals surface area contributed by atoms with Gasteiger partial charge < -0.3 is 11.5 Å². The van der Waals surface area contributed by atoms with E-state index in [0.717, 1.165) is 29.7 Å². The lowest BCUT2D eigenvalue weighted by molar-refractivity contribution is 0.493. The van der Waals surface area contributed by atoms with Gasteiger partial charge in [0.1, 0.15) is 5.82 Å². The number of hydrogen-bond donors (Lipinski definition) is 2. The molecule has 0 spiro atoms. The normalized spacial score (nSPS) is 11.5. The van der Waals surface area contributed by atoms with E-state index in [2.05, 4.69) is 28.9 Å². The topological polar surface area (TPSA) is 95.6 Å². The van der Waals surface area contributed by atoms with Gasteiger partial charge in [-0.05, 0) is 19.3 Å². The lowest BCUT2D eigenvalue weighted by atomic mass is 10.1. The first-order valence-electron chi connectivity index (χ1n) is 5.75. The Morgan fingerprint density at radius 3 is 2.59 bits per heavy atom. The highest BCUT2D eigenvalue weighted by Crippen LogP contribution is 2.22. The zero-order valence-corrected chi connectivity index (χ0v) is 10.4. The van der Waals surface area contributed by atoms with Gasteiger partial charge in [0.2, 0.25) is 5.95 Å². The van der Waals surface area contributed by atoms with Crippen LogP contribution >= 0.6 is 0 Å². The van der Waals surface area contributed by atoms with Crippen LogP contribution in [0.3, 0.4) is 0 Å². The molecule has 4 N–H and O–H groups in total. The molecule has 0 aliphatic heterocycles. The van der Waals surface area contributed by atoms with Crippen LogP contribution in [0.15, 0.2) is 0 Å². The fourth-order valence-electron chi connectivity index (χ4n) is 1.83. The summed E-state index contributed by atoms with van der Waals surface area (Å²) >= 11 is 0. The van der Waals surface area contributed by atoms with E-state index in [9.17, 15) is 0 Å². The summed E-state index contributed by atoms with van der Waals surface area (Å²) in [6.07, 6.45) is 1.04. The van der Waals surface area contributed by atoms with Crippen LogP contribution in [0.4, 0.5) is 11.8 Å². The van der Waals surface area contributed by atoms with Crippen molar-refractivity contribution in [1.82, 2.24) is 19.7 Å². The van der Waals surface area contributed by atoms with Crippen LogP contribution in [0.2, 0.25) is 0 Å². The molecule has 0 saturated heterocycles. The molecule has 92 valence electrons. The lowest BCUT2D eigenvalue weighted by Gasteiger charge is -2.05. The zero-order valence-electron chi connectivity index (χ0n) is 10.4. The van der Waals surface area contributed by atoms with Crippen LogP contribution in [0.25, 0.3) is 11.0 Å². The van der Waals surface area contributed by atoms with E-state index in [-0.39, 0.29) is 5.95 Å². The maximum Gasteiger partial charge on any atom is 0.224 e. The maximum atomic E-state index is 5.84. The van der Waals surface area contributed by atoms with Gasteiger partial charge in [-0.25, -0.2) is 4.68 Å². The molecule has 2 aromatic rings. The molecule has 0 radical (unpaired) electrons. The Bertz CT molecular complexity index is 542. The van der Waals surface area contributed by atoms with E-state index in [0.29, 0.717) is 11.7 Å². The number of anilines is 2. The van der Waals surface area contributed by atoms with Gasteiger partial charge in [0.25, 0.3) is 0 Å². The molecule has 0 aromatic carbocycles. The highest BCUT2D eigenvalue weighted by molar-refractivity contribution is 5.88. The summed E-state index contributed by atoms with van der Waals surface area (Å²) in [5.74, 6) is 1.22. The van der Waals surface area contributed by atoms with E-state index in [1.165, 1.54) is 0 Å². The van der Waals surface area contributed by atoms with Crippen molar-refractivity contribution >= 4 is 22.8 Å². The number of nitrogens with zero attached hydrogens (tertiary/aromatic N) is 4. The quantitative estimate of drug-likeness (QED) is 0.835. The van der Waals surface area contributed by atoms with Gasteiger partial charge in [-0.2, -0.15) is 15.1 Å². The Morgan fingerprint density at radius 2 is 1.94 bits per heavy atom. The fourth-order valence-corrected chi connectivity index (χ4v) is 1.83. The van der Waals surface area contributed by atoms with Gasteiger partial charge >= 0.3 is 0 Å². The predicted octanol–water partition coefficient (Wildman–Crippen LogP) is 1.35. The largest absolute Gasteiger partial charge is 0.383 e. The summed E-state index contributed by atoms with van der Waals surface area (Å²) in [6.45, 7) is 7.08. The number of nitrogens with two attached hydrogens (primary N) is 2. The van der Waals surface area contributed by atoms with Crippen molar-refractivity contribution in [3.05, 3.63) is 5.69 Å². The second-order valence-corrected chi connectivity index (χ2v) is 4.66. The van der Waals surface area contributed by atoms with Crippen LogP contribution in [0.5, 0.6) is 0 Å². The van der Waals surface area contributed by atoms with Gasteiger partial charge in [-0.1, -0.05) is 13.8 Å². The van der Waals surface area contributed by atoms with Gasteiger partial charge in [0.05, 0.1) is 11.1 Å². The fraction of sp³-hybridized carbons (Fsp3) is 0.545. The number of hydrogen-bond acceptors (Lipinski definition) is 5. The lowest BCUT2D eigenvalue weighted by Crippen LogP contribution is -2.06. The highest BCUT2D eigenvalue weighted by Gasteiger charge is 2.13. The molecular weight excluding hydrogens is 216 g/mol. The summed E-state index contributed by atoms with van der Waals surface area (Å²) in [6, 6.07) is 0. The van der Waals surface area contributed by atoms with Crippen molar-refractivity contribution < 1.29 is 0 Å². The average molecular weight is 234 g/mol. The Balaban J connectivity index is 2.50. The minimum Gasteiger partial charge on any atom is -0.383 e. The SMILES string of the molecule is Cc1nn(CCC(C)C)c2nc(N)nc(N)c12. The Labute approximate surface area is 100 Å². The predicted molar refractivity (Wildman–Crippen MR) is 68.3 cm³/mol. The molecule has 2 aromatic heterocycles. The third-order valence-corrected chi connectivity index (χ3v) is 2.73. The Hall–Kier alpha value is -1.85. The first-order chi connectivity index (χ1) is 7.99. The molecule has 0 aliphatic carbocycles. The van der Waals surface area contributed by atoms with E-state index in [1.54, 1.807) is 0 Å². The molecule has 6 nitrogen and oxygen atoms in total. The number of fused-ring (bicyclic) bond motifs is 1. The second kappa shape index (κ2) is 4.20. The highest BCUT2D eigenvalue weighted by atomic mass is 15.3. The number of nitrogen functional groups attached to an aromatic ring is 2. The number of aryl methyl sites for hydroxylation is 2. The summed E-state index contributed by atoms with van der Waals surface area (Å²) in [5.41, 5.74) is 13.0. The van der Waals surface area contributed by atoms with Gasteiger partial charge in [0, 0.05) is 6.54 Å². The molecule has 0 bridgehead atoms. The van der Waals surface area contributed by atoms with Crippen molar-refractivity contribution in [3.8, 4) is 0 Å². The first kappa shape index (κ1) is 11.6. The number of aromatic nitrogens is 4.